The van der Waals surface area contributed by atoms with Gasteiger partial charge in [0.15, 0.2) is 0 Å². The van der Waals surface area contributed by atoms with Crippen molar-refractivity contribution in [3.8, 4) is 0 Å². The first-order valence-electron chi connectivity index (χ1n) is 6.89. The van der Waals surface area contributed by atoms with Gasteiger partial charge in [0, 0.05) is 33.7 Å². The van der Waals surface area contributed by atoms with Crippen LogP contribution in [-0.2, 0) is 10.0 Å². The highest BCUT2D eigenvalue weighted by atomic mass is 32.2. The van der Waals surface area contributed by atoms with E-state index in [1.54, 1.807) is 26.2 Å². The molecule has 5 nitrogen and oxygen atoms in total. The molecule has 0 aliphatic carbocycles. The van der Waals surface area contributed by atoms with Gasteiger partial charge in [0.05, 0.1) is 5.69 Å². The molecule has 1 N–H and O–H groups in total. The van der Waals surface area contributed by atoms with E-state index in [1.807, 2.05) is 19.2 Å². The maximum Gasteiger partial charge on any atom is 0.244 e. The van der Waals surface area contributed by atoms with Crippen LogP contribution in [0, 0.1) is 0 Å². The summed E-state index contributed by atoms with van der Waals surface area (Å²) in [6, 6.07) is 7.55. The Bertz CT molecular complexity index is 551. The van der Waals surface area contributed by atoms with E-state index >= 15 is 0 Å². The smallest absolute Gasteiger partial charge is 0.244 e. The van der Waals surface area contributed by atoms with Crippen molar-refractivity contribution < 1.29 is 8.42 Å². The maximum atomic E-state index is 12.4. The Morgan fingerprint density at radius 2 is 1.90 bits per heavy atom. The van der Waals surface area contributed by atoms with Crippen LogP contribution in [0.2, 0.25) is 0 Å². The first-order chi connectivity index (χ1) is 9.44. The molecule has 6 heteroatoms. The summed E-state index contributed by atoms with van der Waals surface area (Å²) in [6.07, 6.45) is 2.21. The molecule has 1 aliphatic rings. The maximum absolute atomic E-state index is 12.4. The van der Waals surface area contributed by atoms with Crippen molar-refractivity contribution in [1.82, 2.24) is 9.62 Å². The van der Waals surface area contributed by atoms with E-state index in [0.717, 1.165) is 31.6 Å². The summed E-state index contributed by atoms with van der Waals surface area (Å²) in [5, 5.41) is 3.36. The highest BCUT2D eigenvalue weighted by Gasteiger charge is 2.26. The zero-order valence-corrected chi connectivity index (χ0v) is 13.2. The van der Waals surface area contributed by atoms with Gasteiger partial charge in [-0.05, 0) is 31.5 Å². The number of rotatable bonds is 4. The van der Waals surface area contributed by atoms with Crippen LogP contribution in [-0.4, -0.2) is 53.0 Å². The third-order valence-corrected chi connectivity index (χ3v) is 5.68. The summed E-state index contributed by atoms with van der Waals surface area (Å²) in [5.41, 5.74) is 0.773. The number of nitrogens with one attached hydrogen (secondary N) is 1. The molecule has 1 saturated heterocycles. The molecular formula is C14H23N3O2S. The number of piperidine rings is 1. The van der Waals surface area contributed by atoms with Gasteiger partial charge in [-0.3, -0.25) is 0 Å². The van der Waals surface area contributed by atoms with Gasteiger partial charge >= 0.3 is 0 Å². The molecule has 0 bridgehead atoms. The lowest BCUT2D eigenvalue weighted by atomic mass is 10.1. The molecule has 0 aromatic heterocycles. The van der Waals surface area contributed by atoms with Crippen LogP contribution in [0.4, 0.5) is 5.69 Å². The minimum Gasteiger partial charge on any atom is -0.369 e. The van der Waals surface area contributed by atoms with Gasteiger partial charge in [0.2, 0.25) is 10.0 Å². The molecule has 1 unspecified atom stereocenters. The minimum absolute atomic E-state index is 0.335. The highest BCUT2D eigenvalue weighted by Crippen LogP contribution is 2.28. The number of hydrogen-bond acceptors (Lipinski definition) is 4. The monoisotopic (exact) mass is 297 g/mol. The Labute approximate surface area is 121 Å². The molecule has 1 heterocycles. The van der Waals surface area contributed by atoms with Crippen LogP contribution in [0.25, 0.3) is 0 Å². The summed E-state index contributed by atoms with van der Waals surface area (Å²) in [5.74, 6) is 0. The molecule has 0 amide bonds. The first-order valence-corrected chi connectivity index (χ1v) is 8.33. The number of benzene rings is 1. The number of anilines is 1. The predicted octanol–water partition coefficient (Wildman–Crippen LogP) is 1.13. The van der Waals surface area contributed by atoms with Crippen LogP contribution >= 0.6 is 0 Å². The summed E-state index contributed by atoms with van der Waals surface area (Å²) < 4.78 is 26.1. The molecule has 112 valence electrons. The molecular weight excluding hydrogens is 274 g/mol. The van der Waals surface area contributed by atoms with Crippen LogP contribution in [0.15, 0.2) is 29.2 Å². The first kappa shape index (κ1) is 15.3. The topological polar surface area (TPSA) is 52.7 Å². The molecule has 1 fully saturated rings. The quantitative estimate of drug-likeness (QED) is 0.905. The number of para-hydroxylation sites is 1. The van der Waals surface area contributed by atoms with Crippen molar-refractivity contribution in [2.24, 2.45) is 0 Å². The van der Waals surface area contributed by atoms with E-state index in [-0.39, 0.29) is 0 Å². The average molecular weight is 297 g/mol. The fourth-order valence-electron chi connectivity index (χ4n) is 2.52. The molecule has 1 aromatic rings. The molecule has 0 saturated carbocycles. The fraction of sp³-hybridized carbons (Fsp3) is 0.571. The van der Waals surface area contributed by atoms with Crippen LogP contribution in [0.3, 0.4) is 0 Å². The van der Waals surface area contributed by atoms with Gasteiger partial charge in [-0.1, -0.05) is 12.1 Å². The average Bonchev–Trinajstić information content (AvgIpc) is 2.47. The third kappa shape index (κ3) is 2.97. The van der Waals surface area contributed by atoms with Gasteiger partial charge in [-0.25, -0.2) is 12.7 Å². The number of nitrogens with zero attached hydrogens (tertiary/aromatic N) is 2. The van der Waals surface area contributed by atoms with Gasteiger partial charge in [-0.2, -0.15) is 0 Å². The SMILES string of the molecule is CN(c1ccccc1S(=O)(=O)N(C)C)C1CCCNC1. The van der Waals surface area contributed by atoms with Crippen LogP contribution < -0.4 is 10.2 Å². The second-order valence-corrected chi connectivity index (χ2v) is 7.49. The van der Waals surface area contributed by atoms with Crippen molar-refractivity contribution in [2.75, 3.05) is 39.1 Å². The lowest BCUT2D eigenvalue weighted by molar-refractivity contribution is 0.443. The van der Waals surface area contributed by atoms with Crippen molar-refractivity contribution in [3.05, 3.63) is 24.3 Å². The number of sulfonamides is 1. The Kier molecular flexibility index (Phi) is 4.67. The summed E-state index contributed by atoms with van der Waals surface area (Å²) in [4.78, 5) is 2.46. The predicted molar refractivity (Wildman–Crippen MR) is 81.6 cm³/mol. The Hall–Kier alpha value is -1.11. The lowest BCUT2D eigenvalue weighted by Gasteiger charge is -2.34. The molecule has 0 spiro atoms. The van der Waals surface area contributed by atoms with Crippen molar-refractivity contribution >= 4 is 15.7 Å². The van der Waals surface area contributed by atoms with E-state index in [9.17, 15) is 8.42 Å². The standard InChI is InChI=1S/C14H23N3O2S/c1-16(2)20(18,19)14-9-5-4-8-13(14)17(3)12-7-6-10-15-11-12/h4-5,8-9,12,15H,6-7,10-11H2,1-3H3. The number of likely N-dealkylation sites (N-methyl/N-ethyl adjacent to an activating group) is 1. The Morgan fingerprint density at radius 1 is 1.20 bits per heavy atom. The van der Waals surface area contributed by atoms with E-state index < -0.39 is 10.0 Å². The van der Waals surface area contributed by atoms with E-state index in [1.165, 1.54) is 4.31 Å². The largest absolute Gasteiger partial charge is 0.369 e. The van der Waals surface area contributed by atoms with Gasteiger partial charge in [0.25, 0.3) is 0 Å². The minimum atomic E-state index is -3.42. The molecule has 1 aromatic carbocycles. The normalized spacial score (nSPS) is 20.1. The van der Waals surface area contributed by atoms with Crippen molar-refractivity contribution in [3.63, 3.8) is 0 Å². The third-order valence-electron chi connectivity index (χ3n) is 3.82. The van der Waals surface area contributed by atoms with Crippen molar-refractivity contribution in [2.45, 2.75) is 23.8 Å². The van der Waals surface area contributed by atoms with E-state index in [4.69, 9.17) is 0 Å². The summed E-state index contributed by atoms with van der Waals surface area (Å²) in [6.45, 7) is 1.94. The van der Waals surface area contributed by atoms with Crippen LogP contribution in [0.5, 0.6) is 0 Å². The van der Waals surface area contributed by atoms with Gasteiger partial charge in [-0.15, -0.1) is 0 Å². The second-order valence-electron chi connectivity index (χ2n) is 5.37. The number of hydrogen-bond donors (Lipinski definition) is 1. The molecule has 1 aliphatic heterocycles. The van der Waals surface area contributed by atoms with Gasteiger partial charge in [0.1, 0.15) is 4.90 Å². The zero-order chi connectivity index (χ0) is 14.8. The van der Waals surface area contributed by atoms with Crippen LogP contribution in [0.1, 0.15) is 12.8 Å². The Morgan fingerprint density at radius 3 is 2.50 bits per heavy atom. The molecule has 2 rings (SSSR count). The Balaban J connectivity index is 2.37. The lowest BCUT2D eigenvalue weighted by Crippen LogP contribution is -2.44. The summed E-state index contributed by atoms with van der Waals surface area (Å²) in [7, 11) is 1.68. The van der Waals surface area contributed by atoms with E-state index in [2.05, 4.69) is 10.2 Å². The fourth-order valence-corrected chi connectivity index (χ4v) is 3.64. The zero-order valence-electron chi connectivity index (χ0n) is 12.3. The highest BCUT2D eigenvalue weighted by molar-refractivity contribution is 7.89. The van der Waals surface area contributed by atoms with Gasteiger partial charge < -0.3 is 10.2 Å². The summed E-state index contributed by atoms with van der Waals surface area (Å²) >= 11 is 0. The molecule has 20 heavy (non-hydrogen) atoms. The second kappa shape index (κ2) is 6.11. The molecule has 0 radical (unpaired) electrons. The van der Waals surface area contributed by atoms with Crippen molar-refractivity contribution in [1.29, 1.82) is 0 Å². The van der Waals surface area contributed by atoms with E-state index in [0.29, 0.717) is 10.9 Å². The molecule has 1 atom stereocenters.